The molecule has 1 atom stereocenters. The van der Waals surface area contributed by atoms with Crippen molar-refractivity contribution >= 4 is 38.9 Å². The molecule has 1 amide bonds. The molecule has 2 aromatic carbocycles. The van der Waals surface area contributed by atoms with Crippen LogP contribution in [0, 0.1) is 13.8 Å². The third-order valence-electron chi connectivity index (χ3n) is 4.46. The van der Waals surface area contributed by atoms with Crippen LogP contribution in [0.1, 0.15) is 18.1 Å². The zero-order valence-electron chi connectivity index (χ0n) is 18.3. The second-order valence-corrected chi connectivity index (χ2v) is 9.09. The van der Waals surface area contributed by atoms with Crippen molar-refractivity contribution < 1.29 is 18.0 Å². The van der Waals surface area contributed by atoms with Gasteiger partial charge in [-0.05, 0) is 80.4 Å². The lowest BCUT2D eigenvalue weighted by molar-refractivity contribution is -0.126. The number of nitrogens with one attached hydrogen (secondary N) is 2. The van der Waals surface area contributed by atoms with Gasteiger partial charge in [-0.2, -0.15) is 10.2 Å². The zero-order valence-corrected chi connectivity index (χ0v) is 19.1. The van der Waals surface area contributed by atoms with Crippen LogP contribution in [-0.2, 0) is 19.6 Å². The van der Waals surface area contributed by atoms with Crippen LogP contribution in [-0.4, -0.2) is 31.1 Å². The number of rotatable bonds is 8. The molecule has 0 fully saturated rings. The molecule has 0 radical (unpaired) electrons. The van der Waals surface area contributed by atoms with E-state index in [2.05, 4.69) is 25.3 Å². The molecular formula is C23H23N5O4S. The molecule has 3 aromatic rings. The molecule has 10 heteroatoms. The molecule has 0 aliphatic rings. The van der Waals surface area contributed by atoms with Gasteiger partial charge in [0.05, 0.1) is 10.6 Å². The number of hydrogen-bond donors (Lipinski definition) is 2. The van der Waals surface area contributed by atoms with Gasteiger partial charge in [-0.25, -0.2) is 13.4 Å². The third-order valence-corrected chi connectivity index (χ3v) is 5.83. The first kappa shape index (κ1) is 23.7. The summed E-state index contributed by atoms with van der Waals surface area (Å²) in [7, 11) is -3.83. The Morgan fingerprint density at radius 3 is 2.21 bits per heavy atom. The normalized spacial score (nSPS) is 12.3. The van der Waals surface area contributed by atoms with E-state index in [-0.39, 0.29) is 16.4 Å². The van der Waals surface area contributed by atoms with Crippen LogP contribution in [0.25, 0.3) is 0 Å². The van der Waals surface area contributed by atoms with Gasteiger partial charge >= 0.3 is 0 Å². The van der Waals surface area contributed by atoms with E-state index in [1.165, 1.54) is 43.5 Å². The van der Waals surface area contributed by atoms with E-state index >= 15 is 0 Å². The number of anilines is 2. The largest absolute Gasteiger partial charge is 0.324 e. The van der Waals surface area contributed by atoms with Crippen molar-refractivity contribution in [1.29, 1.82) is 0 Å². The predicted octanol–water partition coefficient (Wildman–Crippen LogP) is 4.18. The average Bonchev–Trinajstić information content (AvgIpc) is 2.73. The minimum atomic E-state index is -3.83. The fraction of sp³-hybridized carbons (Fsp3) is 0.174. The van der Waals surface area contributed by atoms with Crippen molar-refractivity contribution in [3.63, 3.8) is 0 Å². The van der Waals surface area contributed by atoms with Crippen LogP contribution in [0.2, 0.25) is 0 Å². The van der Waals surface area contributed by atoms with Gasteiger partial charge in [0.15, 0.2) is 5.78 Å². The van der Waals surface area contributed by atoms with Gasteiger partial charge in [0, 0.05) is 11.9 Å². The minimum absolute atomic E-state index is 0.00258. The Morgan fingerprint density at radius 1 is 0.970 bits per heavy atom. The first-order valence-electron chi connectivity index (χ1n) is 9.98. The Hall–Kier alpha value is -3.92. The topological polar surface area (TPSA) is 130 Å². The molecule has 0 saturated heterocycles. The third kappa shape index (κ3) is 6.53. The molecular weight excluding hydrogens is 442 g/mol. The zero-order chi connectivity index (χ0) is 24.0. The number of azo groups is 1. The SMILES string of the molecule is CC(=O)[C@H](N=Nc1ccc(S(=O)(=O)Nc2ccccn2)cc1)C(=O)Nc1cc(C)cc(C)c1. The predicted molar refractivity (Wildman–Crippen MR) is 125 cm³/mol. The number of aryl methyl sites for hydroxylation is 2. The maximum absolute atomic E-state index is 12.6. The van der Waals surface area contributed by atoms with Gasteiger partial charge < -0.3 is 5.32 Å². The molecule has 0 aliphatic carbocycles. The number of carbonyl (C=O) groups excluding carboxylic acids is 2. The second kappa shape index (κ2) is 10.1. The molecule has 1 heterocycles. The van der Waals surface area contributed by atoms with Crippen LogP contribution in [0.5, 0.6) is 0 Å². The maximum atomic E-state index is 12.6. The Morgan fingerprint density at radius 2 is 1.64 bits per heavy atom. The number of sulfonamides is 1. The summed E-state index contributed by atoms with van der Waals surface area (Å²) in [5, 5.41) is 10.5. The van der Waals surface area contributed by atoms with Crippen LogP contribution in [0.4, 0.5) is 17.2 Å². The summed E-state index contributed by atoms with van der Waals surface area (Å²) in [5.41, 5.74) is 2.80. The summed E-state index contributed by atoms with van der Waals surface area (Å²) in [5.74, 6) is -0.880. The Bertz CT molecular complexity index is 1270. The molecule has 1 aromatic heterocycles. The molecule has 0 unspecified atom stereocenters. The quantitative estimate of drug-likeness (QED) is 0.381. The summed E-state index contributed by atoms with van der Waals surface area (Å²) in [4.78, 5) is 28.5. The van der Waals surface area contributed by atoms with Crippen molar-refractivity contribution in [3.8, 4) is 0 Å². The highest BCUT2D eigenvalue weighted by Crippen LogP contribution is 2.20. The number of amides is 1. The summed E-state index contributed by atoms with van der Waals surface area (Å²) >= 11 is 0. The number of carbonyl (C=O) groups is 2. The number of nitrogens with zero attached hydrogens (tertiary/aromatic N) is 3. The maximum Gasteiger partial charge on any atom is 0.263 e. The van der Waals surface area contributed by atoms with E-state index in [0.717, 1.165) is 11.1 Å². The van der Waals surface area contributed by atoms with Gasteiger partial charge in [-0.3, -0.25) is 14.3 Å². The molecule has 9 nitrogen and oxygen atoms in total. The van der Waals surface area contributed by atoms with E-state index in [1.54, 1.807) is 24.3 Å². The van der Waals surface area contributed by atoms with Crippen molar-refractivity contribution in [2.75, 3.05) is 10.0 Å². The van der Waals surface area contributed by atoms with Gasteiger partial charge in [-0.1, -0.05) is 12.1 Å². The van der Waals surface area contributed by atoms with Crippen molar-refractivity contribution in [2.45, 2.75) is 31.7 Å². The van der Waals surface area contributed by atoms with Crippen molar-refractivity contribution in [3.05, 3.63) is 78.0 Å². The van der Waals surface area contributed by atoms with E-state index < -0.39 is 27.8 Å². The highest BCUT2D eigenvalue weighted by Gasteiger charge is 2.23. The first-order valence-corrected chi connectivity index (χ1v) is 11.5. The number of Topliss-reactive ketones (excluding diaryl/α,β-unsaturated/α-hetero) is 1. The smallest absolute Gasteiger partial charge is 0.263 e. The van der Waals surface area contributed by atoms with Crippen LogP contribution in [0.15, 0.2) is 82.0 Å². The molecule has 3 rings (SSSR count). The number of pyridine rings is 1. The highest BCUT2D eigenvalue weighted by molar-refractivity contribution is 7.92. The van der Waals surface area contributed by atoms with Gasteiger partial charge in [0.2, 0.25) is 6.04 Å². The lowest BCUT2D eigenvalue weighted by atomic mass is 10.1. The second-order valence-electron chi connectivity index (χ2n) is 7.41. The fourth-order valence-electron chi connectivity index (χ4n) is 3.01. The van der Waals surface area contributed by atoms with E-state index in [0.29, 0.717) is 5.69 Å². The monoisotopic (exact) mass is 465 g/mol. The lowest BCUT2D eigenvalue weighted by Gasteiger charge is -2.11. The van der Waals surface area contributed by atoms with Gasteiger partial charge in [0.25, 0.3) is 15.9 Å². The molecule has 170 valence electrons. The standard InChI is InChI=1S/C23H23N5O4S/c1-15-12-16(2)14-19(13-15)25-23(30)22(17(3)29)27-26-18-7-9-20(10-8-18)33(31,32)28-21-6-4-5-11-24-21/h4-14,22H,1-3H3,(H,24,28)(H,25,30)/t22-/m0/s1. The highest BCUT2D eigenvalue weighted by atomic mass is 32.2. The number of ketones is 1. The molecule has 33 heavy (non-hydrogen) atoms. The molecule has 0 saturated carbocycles. The summed E-state index contributed by atoms with van der Waals surface area (Å²) in [6, 6.07) is 14.6. The van der Waals surface area contributed by atoms with Crippen LogP contribution >= 0.6 is 0 Å². The lowest BCUT2D eigenvalue weighted by Crippen LogP contribution is -2.31. The Balaban J connectivity index is 1.72. The summed E-state index contributed by atoms with van der Waals surface area (Å²) < 4.78 is 27.3. The van der Waals surface area contributed by atoms with E-state index in [4.69, 9.17) is 0 Å². The van der Waals surface area contributed by atoms with Crippen LogP contribution < -0.4 is 10.0 Å². The Kier molecular flexibility index (Phi) is 7.29. The summed E-state index contributed by atoms with van der Waals surface area (Å²) in [6.45, 7) is 5.06. The number of hydrogen-bond acceptors (Lipinski definition) is 7. The van der Waals surface area contributed by atoms with Crippen molar-refractivity contribution in [1.82, 2.24) is 4.98 Å². The number of aromatic nitrogens is 1. The van der Waals surface area contributed by atoms with Crippen LogP contribution in [0.3, 0.4) is 0 Å². The van der Waals surface area contributed by atoms with Gasteiger partial charge in [-0.15, -0.1) is 0 Å². The summed E-state index contributed by atoms with van der Waals surface area (Å²) in [6.07, 6.45) is 1.48. The average molecular weight is 466 g/mol. The van der Waals surface area contributed by atoms with E-state index in [1.807, 2.05) is 19.9 Å². The first-order chi connectivity index (χ1) is 15.6. The molecule has 0 bridgehead atoms. The van der Waals surface area contributed by atoms with Crippen molar-refractivity contribution in [2.24, 2.45) is 10.2 Å². The van der Waals surface area contributed by atoms with Gasteiger partial charge in [0.1, 0.15) is 5.82 Å². The molecule has 2 N–H and O–H groups in total. The minimum Gasteiger partial charge on any atom is -0.324 e. The van der Waals surface area contributed by atoms with E-state index in [9.17, 15) is 18.0 Å². The number of benzene rings is 2. The molecule has 0 aliphatic heterocycles. The fourth-order valence-corrected chi connectivity index (χ4v) is 4.02. The Labute approximate surface area is 192 Å². The molecule has 0 spiro atoms.